The molecular formula is C21H27BrCl2NO3Y-. The van der Waals surface area contributed by atoms with Gasteiger partial charge in [0.1, 0.15) is 11.8 Å². The van der Waals surface area contributed by atoms with Crippen LogP contribution in [0.2, 0.25) is 5.15 Å². The van der Waals surface area contributed by atoms with Crippen LogP contribution in [0, 0.1) is 18.8 Å². The average molecular weight is 581 g/mol. The van der Waals surface area contributed by atoms with Crippen molar-refractivity contribution in [2.24, 2.45) is 11.8 Å². The Balaban J connectivity index is 0.00000420. The molecule has 159 valence electrons. The Morgan fingerprint density at radius 3 is 2.76 bits per heavy atom. The van der Waals surface area contributed by atoms with Gasteiger partial charge in [0.05, 0.1) is 22.0 Å². The normalized spacial score (nSPS) is 26.5. The summed E-state index contributed by atoms with van der Waals surface area (Å²) < 4.78 is 5.01. The van der Waals surface area contributed by atoms with Crippen molar-refractivity contribution in [1.82, 2.24) is 4.98 Å². The topological polar surface area (TPSA) is 59.4 Å². The number of aromatic nitrogens is 1. The maximum absolute atomic E-state index is 11.0. The van der Waals surface area contributed by atoms with Crippen molar-refractivity contribution in [3.8, 4) is 0 Å². The van der Waals surface area contributed by atoms with Crippen molar-refractivity contribution in [1.29, 1.82) is 0 Å². The Labute approximate surface area is 217 Å². The maximum atomic E-state index is 11.0. The van der Waals surface area contributed by atoms with Gasteiger partial charge in [0, 0.05) is 39.6 Å². The molecule has 1 aromatic heterocycles. The van der Waals surface area contributed by atoms with Gasteiger partial charge in [-0.15, -0.1) is 11.6 Å². The van der Waals surface area contributed by atoms with Crippen LogP contribution in [0.5, 0.6) is 0 Å². The maximum Gasteiger partial charge on any atom is 0.303 e. The first-order valence-electron chi connectivity index (χ1n) is 9.52. The van der Waals surface area contributed by atoms with Gasteiger partial charge in [-0.25, -0.2) is 4.98 Å². The number of carbonyl (C=O) groups excluding carboxylic acids is 1. The van der Waals surface area contributed by atoms with Gasteiger partial charge in [-0.1, -0.05) is 46.1 Å². The monoisotopic (exact) mass is 579 g/mol. The molecule has 1 N–H and O–H groups in total. The number of carbonyl (C=O) groups is 1. The molecule has 4 nitrogen and oxygen atoms in total. The first-order chi connectivity index (χ1) is 13.3. The summed E-state index contributed by atoms with van der Waals surface area (Å²) in [6, 6.07) is 3.72. The van der Waals surface area contributed by atoms with Crippen molar-refractivity contribution < 1.29 is 47.3 Å². The second kappa shape index (κ2) is 13.8. The fourth-order valence-corrected chi connectivity index (χ4v) is 5.16. The van der Waals surface area contributed by atoms with E-state index in [0.29, 0.717) is 10.8 Å². The molecule has 1 saturated carbocycles. The number of aliphatic hydroxyl groups is 1. The number of unbranched alkanes of at least 4 members (excludes halogenated alkanes) is 1. The zero-order valence-electron chi connectivity index (χ0n) is 16.6. The molecule has 1 aliphatic rings. The number of halogens is 3. The van der Waals surface area contributed by atoms with Crippen LogP contribution < -0.4 is 0 Å². The number of pyridine rings is 1. The molecule has 3 unspecified atom stereocenters. The van der Waals surface area contributed by atoms with Gasteiger partial charge < -0.3 is 16.8 Å². The van der Waals surface area contributed by atoms with E-state index >= 15 is 0 Å². The Morgan fingerprint density at radius 2 is 2.10 bits per heavy atom. The summed E-state index contributed by atoms with van der Waals surface area (Å²) in [7, 11) is 0. The third-order valence-corrected chi connectivity index (χ3v) is 7.27. The van der Waals surface area contributed by atoms with Crippen LogP contribution in [0.15, 0.2) is 24.3 Å². The Morgan fingerprint density at radius 1 is 1.38 bits per heavy atom. The van der Waals surface area contributed by atoms with Gasteiger partial charge in [0.2, 0.25) is 0 Å². The molecule has 5 atom stereocenters. The fourth-order valence-electron chi connectivity index (χ4n) is 3.66. The number of ether oxygens (including phenoxy) is 1. The summed E-state index contributed by atoms with van der Waals surface area (Å²) >= 11 is 16.3. The predicted octanol–water partition coefficient (Wildman–Crippen LogP) is 5.27. The Kier molecular flexibility index (Phi) is 13.1. The standard InChI is InChI=1S/C21H27BrCl2NO3.Y/c1-3-4-5-6-7-17-16(20(24)19(22)21(17)27)9-8-14-10-15(12-28-13(2)26)25-18(23)11-14;/h5-6,10-11,16-17,19-21,27H,1,3-4,7-9,12H2,2H3;/q-1;/b6-5-;/t16-,17-,19?,20?,21?;/m1./s1. The van der Waals surface area contributed by atoms with Crippen LogP contribution in [0.25, 0.3) is 0 Å². The van der Waals surface area contributed by atoms with E-state index in [9.17, 15) is 9.90 Å². The number of alkyl halides is 2. The summed E-state index contributed by atoms with van der Waals surface area (Å²) in [5.74, 6) is -0.0774. The van der Waals surface area contributed by atoms with Crippen molar-refractivity contribution in [2.45, 2.75) is 61.9 Å². The second-order valence-electron chi connectivity index (χ2n) is 7.16. The van der Waals surface area contributed by atoms with Crippen molar-refractivity contribution in [2.75, 3.05) is 0 Å². The van der Waals surface area contributed by atoms with E-state index in [-0.39, 0.29) is 67.3 Å². The molecule has 2 rings (SSSR count). The van der Waals surface area contributed by atoms with E-state index in [1.165, 1.54) is 6.92 Å². The van der Waals surface area contributed by atoms with Crippen LogP contribution in [0.4, 0.5) is 0 Å². The Bertz CT molecular complexity index is 692. The summed E-state index contributed by atoms with van der Waals surface area (Å²) in [5.41, 5.74) is 1.64. The minimum Gasteiger partial charge on any atom is -0.459 e. The van der Waals surface area contributed by atoms with Gasteiger partial charge in [-0.05, 0) is 48.8 Å². The minimum absolute atomic E-state index is 0. The summed E-state index contributed by atoms with van der Waals surface area (Å²) in [6.45, 7) is 5.30. The van der Waals surface area contributed by atoms with Gasteiger partial charge in [-0.2, -0.15) is 6.42 Å². The number of rotatable bonds is 9. The van der Waals surface area contributed by atoms with E-state index in [1.807, 2.05) is 12.1 Å². The smallest absolute Gasteiger partial charge is 0.303 e. The molecule has 1 aliphatic carbocycles. The molecule has 0 bridgehead atoms. The van der Waals surface area contributed by atoms with E-state index in [2.05, 4.69) is 40.0 Å². The van der Waals surface area contributed by atoms with Crippen LogP contribution in [-0.4, -0.2) is 32.4 Å². The number of nitrogens with zero attached hydrogens (tertiary/aromatic N) is 1. The van der Waals surface area contributed by atoms with Gasteiger partial charge >= 0.3 is 5.97 Å². The summed E-state index contributed by atoms with van der Waals surface area (Å²) in [5, 5.41) is 10.8. The second-order valence-corrected chi connectivity index (χ2v) is 9.11. The third kappa shape index (κ3) is 8.50. The first-order valence-corrected chi connectivity index (χ1v) is 11.3. The summed E-state index contributed by atoms with van der Waals surface area (Å²) in [6.07, 6.45) is 7.96. The van der Waals surface area contributed by atoms with Crippen LogP contribution in [-0.2, 0) is 55.3 Å². The molecule has 1 aromatic rings. The predicted molar refractivity (Wildman–Crippen MR) is 117 cm³/mol. The molecule has 29 heavy (non-hydrogen) atoms. The largest absolute Gasteiger partial charge is 0.459 e. The number of hydrogen-bond donors (Lipinski definition) is 1. The number of hydrogen-bond acceptors (Lipinski definition) is 4. The van der Waals surface area contributed by atoms with Crippen LogP contribution in [0.3, 0.4) is 0 Å². The number of aliphatic hydroxyl groups excluding tert-OH is 1. The molecule has 0 aliphatic heterocycles. The molecule has 0 saturated heterocycles. The molecule has 0 amide bonds. The molecule has 1 heterocycles. The molecule has 0 aromatic carbocycles. The SMILES string of the molecule is [CH2-]CC/C=C\C[C@H]1C(O)C(Br)C(Cl)[C@@H]1CCc1cc(Cl)nc(COC(C)=O)c1.[Y]. The van der Waals surface area contributed by atoms with Gasteiger partial charge in [0.25, 0.3) is 0 Å². The number of aryl methyl sites for hydroxylation is 1. The van der Waals surface area contributed by atoms with E-state index in [1.54, 1.807) is 0 Å². The average Bonchev–Trinajstić information content (AvgIpc) is 2.85. The summed E-state index contributed by atoms with van der Waals surface area (Å²) in [4.78, 5) is 15.1. The zero-order chi connectivity index (χ0) is 20.7. The zero-order valence-corrected chi connectivity index (χ0v) is 22.5. The Hall–Kier alpha value is 0.484. The van der Waals surface area contributed by atoms with Gasteiger partial charge in [0.15, 0.2) is 0 Å². The van der Waals surface area contributed by atoms with Crippen molar-refractivity contribution >= 4 is 45.1 Å². The fraction of sp³-hybridized carbons (Fsp3) is 0.571. The van der Waals surface area contributed by atoms with Crippen molar-refractivity contribution in [3.05, 3.63) is 47.6 Å². The number of esters is 1. The molecule has 1 radical (unpaired) electrons. The van der Waals surface area contributed by atoms with Crippen molar-refractivity contribution in [3.63, 3.8) is 0 Å². The van der Waals surface area contributed by atoms with Crippen LogP contribution in [0.1, 0.15) is 43.9 Å². The molecule has 8 heteroatoms. The first kappa shape index (κ1) is 27.5. The third-order valence-electron chi connectivity index (χ3n) is 5.07. The molecule has 1 fully saturated rings. The molecule has 0 spiro atoms. The molecular weight excluding hydrogens is 554 g/mol. The van der Waals surface area contributed by atoms with E-state index in [4.69, 9.17) is 27.9 Å². The van der Waals surface area contributed by atoms with Gasteiger partial charge in [-0.3, -0.25) is 4.79 Å². The quantitative estimate of drug-likeness (QED) is 0.142. The van der Waals surface area contributed by atoms with E-state index < -0.39 is 6.10 Å². The van der Waals surface area contributed by atoms with E-state index in [0.717, 1.165) is 37.7 Å². The van der Waals surface area contributed by atoms with Crippen LogP contribution >= 0.6 is 39.1 Å². The number of allylic oxidation sites excluding steroid dienone is 2. The minimum atomic E-state index is -0.475.